The molecule has 8 heteroatoms. The average molecular weight is 281 g/mol. The summed E-state index contributed by atoms with van der Waals surface area (Å²) in [7, 11) is 0. The lowest BCUT2D eigenvalue weighted by molar-refractivity contribution is -0.132. The topological polar surface area (TPSA) is 114 Å². The molecule has 0 saturated carbocycles. The Kier molecular flexibility index (Phi) is 3.73. The number of aromatic nitrogens is 1. The third-order valence-corrected chi connectivity index (χ3v) is 3.09. The predicted octanol–water partition coefficient (Wildman–Crippen LogP) is 0.698. The van der Waals surface area contributed by atoms with Gasteiger partial charge in [-0.1, -0.05) is 10.3 Å². The van der Waals surface area contributed by atoms with Crippen LogP contribution in [0, 0.1) is 13.8 Å². The second kappa shape index (κ2) is 5.32. The van der Waals surface area contributed by atoms with Crippen LogP contribution in [0.25, 0.3) is 0 Å². The quantitative estimate of drug-likeness (QED) is 0.839. The van der Waals surface area contributed by atoms with Gasteiger partial charge in [-0.15, -0.1) is 0 Å². The van der Waals surface area contributed by atoms with Crippen LogP contribution in [0.2, 0.25) is 0 Å². The molecule has 0 saturated heterocycles. The summed E-state index contributed by atoms with van der Waals surface area (Å²) < 4.78 is 5.04. The molecule has 2 N–H and O–H groups in total. The normalized spacial score (nSPS) is 19.1. The fraction of sp³-hybridized carbons (Fsp3) is 0.500. The van der Waals surface area contributed by atoms with Gasteiger partial charge in [-0.25, -0.2) is 4.79 Å². The molecule has 0 fully saturated rings. The van der Waals surface area contributed by atoms with Crippen LogP contribution in [0.1, 0.15) is 36.4 Å². The van der Waals surface area contributed by atoms with Gasteiger partial charge in [-0.3, -0.25) is 4.79 Å². The Morgan fingerprint density at radius 1 is 1.45 bits per heavy atom. The first-order valence-corrected chi connectivity index (χ1v) is 6.09. The minimum atomic E-state index is -1.18. The molecule has 0 spiro atoms. The van der Waals surface area contributed by atoms with Crippen LogP contribution < -0.4 is 5.32 Å². The molecule has 1 aromatic rings. The summed E-state index contributed by atoms with van der Waals surface area (Å²) in [5.41, 5.74) is 1.34. The molecule has 2 atom stereocenters. The highest BCUT2D eigenvalue weighted by molar-refractivity contribution is 6.36. The second-order valence-electron chi connectivity index (χ2n) is 4.61. The Hall–Kier alpha value is -2.38. The molecular weight excluding hydrogens is 266 g/mol. The zero-order valence-corrected chi connectivity index (χ0v) is 11.3. The Balaban J connectivity index is 1.98. The van der Waals surface area contributed by atoms with Crippen molar-refractivity contribution < 1.29 is 24.1 Å². The van der Waals surface area contributed by atoms with Gasteiger partial charge in [-0.2, -0.15) is 0 Å². The third-order valence-electron chi connectivity index (χ3n) is 3.09. The summed E-state index contributed by atoms with van der Waals surface area (Å²) in [6.07, 6.45) is -0.959. The van der Waals surface area contributed by atoms with E-state index in [1.54, 1.807) is 20.8 Å². The van der Waals surface area contributed by atoms with Crippen molar-refractivity contribution in [3.63, 3.8) is 0 Å². The zero-order valence-electron chi connectivity index (χ0n) is 11.3. The van der Waals surface area contributed by atoms with Crippen molar-refractivity contribution in [1.29, 1.82) is 0 Å². The number of carboxylic acid groups (broad SMARTS) is 1. The molecule has 1 aromatic heterocycles. The van der Waals surface area contributed by atoms with Gasteiger partial charge in [0.1, 0.15) is 5.76 Å². The first kappa shape index (κ1) is 14.0. The Morgan fingerprint density at radius 3 is 2.65 bits per heavy atom. The van der Waals surface area contributed by atoms with Gasteiger partial charge in [-0.05, 0) is 20.8 Å². The Labute approximate surface area is 114 Å². The number of aliphatic carboxylic acids is 1. The highest BCUT2D eigenvalue weighted by atomic mass is 16.6. The molecule has 108 valence electrons. The van der Waals surface area contributed by atoms with E-state index in [1.807, 2.05) is 0 Å². The first-order valence-electron chi connectivity index (χ1n) is 6.09. The van der Waals surface area contributed by atoms with Gasteiger partial charge in [0, 0.05) is 12.0 Å². The molecule has 8 nitrogen and oxygen atoms in total. The van der Waals surface area contributed by atoms with E-state index >= 15 is 0 Å². The number of aryl methyl sites for hydroxylation is 2. The maximum atomic E-state index is 12.0. The highest BCUT2D eigenvalue weighted by Crippen LogP contribution is 2.21. The lowest BCUT2D eigenvalue weighted by Crippen LogP contribution is -2.37. The predicted molar refractivity (Wildman–Crippen MR) is 67.1 cm³/mol. The number of hydrogen-bond donors (Lipinski definition) is 2. The van der Waals surface area contributed by atoms with Crippen LogP contribution in [0.15, 0.2) is 9.68 Å². The maximum Gasteiger partial charge on any atom is 0.353 e. The van der Waals surface area contributed by atoms with Crippen molar-refractivity contribution in [1.82, 2.24) is 10.5 Å². The van der Waals surface area contributed by atoms with Crippen molar-refractivity contribution in [2.75, 3.05) is 0 Å². The molecule has 0 aliphatic carbocycles. The van der Waals surface area contributed by atoms with Crippen molar-refractivity contribution in [2.24, 2.45) is 5.16 Å². The number of carbonyl (C=O) groups excluding carboxylic acids is 1. The van der Waals surface area contributed by atoms with Crippen molar-refractivity contribution in [2.45, 2.75) is 39.3 Å². The summed E-state index contributed by atoms with van der Waals surface area (Å²) in [5.74, 6) is -0.971. The lowest BCUT2D eigenvalue weighted by Gasteiger charge is -2.15. The second-order valence-corrected chi connectivity index (χ2v) is 4.61. The van der Waals surface area contributed by atoms with Crippen molar-refractivity contribution in [3.05, 3.63) is 17.0 Å². The van der Waals surface area contributed by atoms with Crippen LogP contribution in [0.3, 0.4) is 0 Å². The molecule has 2 rings (SSSR count). The molecule has 1 aliphatic rings. The van der Waals surface area contributed by atoms with Crippen LogP contribution in [-0.2, 0) is 14.4 Å². The number of nitrogens with zero attached hydrogens (tertiary/aromatic N) is 2. The fourth-order valence-electron chi connectivity index (χ4n) is 2.13. The fourth-order valence-corrected chi connectivity index (χ4v) is 2.13. The van der Waals surface area contributed by atoms with E-state index in [4.69, 9.17) is 14.5 Å². The van der Waals surface area contributed by atoms with Crippen LogP contribution in [0.4, 0.5) is 0 Å². The number of rotatable bonds is 4. The Bertz CT molecular complexity index is 558. The molecule has 1 amide bonds. The number of nitrogens with one attached hydrogen (secondary N) is 1. The molecule has 1 aliphatic heterocycles. The van der Waals surface area contributed by atoms with Gasteiger partial charge >= 0.3 is 5.97 Å². The first-order chi connectivity index (χ1) is 9.40. The van der Waals surface area contributed by atoms with Gasteiger partial charge in [0.15, 0.2) is 5.71 Å². The van der Waals surface area contributed by atoms with E-state index < -0.39 is 18.0 Å². The minimum Gasteiger partial charge on any atom is -0.477 e. The van der Waals surface area contributed by atoms with E-state index in [2.05, 4.69) is 15.6 Å². The van der Waals surface area contributed by atoms with Gasteiger partial charge in [0.2, 0.25) is 6.10 Å². The molecule has 0 aromatic carbocycles. The lowest BCUT2D eigenvalue weighted by atomic mass is 10.1. The Morgan fingerprint density at radius 2 is 2.15 bits per heavy atom. The molecule has 0 radical (unpaired) electrons. The summed E-state index contributed by atoms with van der Waals surface area (Å²) in [6, 6.07) is -0.314. The summed E-state index contributed by atoms with van der Waals surface area (Å²) in [6.45, 7) is 5.33. The number of hydrogen-bond acceptors (Lipinski definition) is 6. The van der Waals surface area contributed by atoms with Crippen LogP contribution >= 0.6 is 0 Å². The van der Waals surface area contributed by atoms with Crippen LogP contribution in [-0.4, -0.2) is 34.0 Å². The summed E-state index contributed by atoms with van der Waals surface area (Å²) in [4.78, 5) is 27.5. The average Bonchev–Trinajstić information content (AvgIpc) is 2.96. The number of amides is 1. The van der Waals surface area contributed by atoms with Gasteiger partial charge in [0.25, 0.3) is 5.91 Å². The van der Waals surface area contributed by atoms with Crippen molar-refractivity contribution in [3.8, 4) is 0 Å². The zero-order chi connectivity index (χ0) is 14.9. The maximum absolute atomic E-state index is 12.0. The highest BCUT2D eigenvalue weighted by Gasteiger charge is 2.32. The van der Waals surface area contributed by atoms with Gasteiger partial charge in [0.05, 0.1) is 11.7 Å². The molecule has 2 unspecified atom stereocenters. The summed E-state index contributed by atoms with van der Waals surface area (Å²) >= 11 is 0. The van der Waals surface area contributed by atoms with E-state index in [1.165, 1.54) is 0 Å². The molecule has 0 bridgehead atoms. The van der Waals surface area contributed by atoms with Gasteiger partial charge < -0.3 is 19.8 Å². The largest absolute Gasteiger partial charge is 0.477 e. The number of carboxylic acids is 1. The standard InChI is InChI=1S/C12H15N3O5/c1-5(10-6(2)14-19-7(10)3)13-11(16)9-4-8(12(17)18)15-20-9/h5,9H,4H2,1-3H3,(H,13,16)(H,17,18). The monoisotopic (exact) mass is 281 g/mol. The molecule has 20 heavy (non-hydrogen) atoms. The smallest absolute Gasteiger partial charge is 0.353 e. The van der Waals surface area contributed by atoms with Crippen molar-refractivity contribution >= 4 is 17.6 Å². The van der Waals surface area contributed by atoms with E-state index in [9.17, 15) is 9.59 Å². The molecular formula is C12H15N3O5. The van der Waals surface area contributed by atoms with E-state index in [0.717, 1.165) is 5.56 Å². The molecule has 2 heterocycles. The summed E-state index contributed by atoms with van der Waals surface area (Å²) in [5, 5.41) is 18.7. The van der Waals surface area contributed by atoms with E-state index in [0.29, 0.717) is 11.5 Å². The SMILES string of the molecule is Cc1noc(C)c1C(C)NC(=O)C1CC(C(=O)O)=NO1. The van der Waals surface area contributed by atoms with Crippen LogP contribution in [0.5, 0.6) is 0 Å². The third kappa shape index (κ3) is 2.63. The minimum absolute atomic E-state index is 0.0461. The number of carbonyl (C=O) groups is 2. The number of oxime groups is 1. The van der Waals surface area contributed by atoms with E-state index in [-0.39, 0.29) is 18.2 Å².